The monoisotopic (exact) mass is 234 g/mol. The summed E-state index contributed by atoms with van der Waals surface area (Å²) in [5.74, 6) is 2.81. The van der Waals surface area contributed by atoms with E-state index >= 15 is 0 Å². The Labute approximate surface area is 90.9 Å². The molecule has 0 amide bonds. The van der Waals surface area contributed by atoms with Crippen molar-refractivity contribution < 1.29 is 0 Å². The molecule has 0 bridgehead atoms. The third kappa shape index (κ3) is 12.8. The molecule has 13 heavy (non-hydrogen) atoms. The molecule has 0 nitrogen and oxygen atoms in total. The lowest BCUT2D eigenvalue weighted by Gasteiger charge is -2.17. The van der Waals surface area contributed by atoms with Crippen LogP contribution in [-0.4, -0.2) is 27.7 Å². The Morgan fingerprint density at radius 2 is 1.00 bits per heavy atom. The van der Waals surface area contributed by atoms with E-state index in [2.05, 4.69) is 51.0 Å². The highest BCUT2D eigenvalue weighted by atomic mass is 32.2. The third-order valence-electron chi connectivity index (χ3n) is 1.99. The SMILES string of the molecule is C[Si](C)(C)CCSCC[Si](C)(C)C. The van der Waals surface area contributed by atoms with E-state index in [1.807, 2.05) is 0 Å². The van der Waals surface area contributed by atoms with Crippen LogP contribution in [0.2, 0.25) is 51.4 Å². The number of hydrogen-bond donors (Lipinski definition) is 0. The van der Waals surface area contributed by atoms with Crippen LogP contribution in [0.1, 0.15) is 0 Å². The molecule has 0 saturated heterocycles. The van der Waals surface area contributed by atoms with E-state index in [1.165, 1.54) is 23.6 Å². The van der Waals surface area contributed by atoms with E-state index in [0.29, 0.717) is 0 Å². The van der Waals surface area contributed by atoms with Crippen molar-refractivity contribution in [2.75, 3.05) is 11.5 Å². The van der Waals surface area contributed by atoms with Gasteiger partial charge in [-0.15, -0.1) is 0 Å². The first-order valence-corrected chi connectivity index (χ1v) is 13.9. The van der Waals surface area contributed by atoms with Crippen molar-refractivity contribution in [1.82, 2.24) is 0 Å². The van der Waals surface area contributed by atoms with Gasteiger partial charge < -0.3 is 0 Å². The van der Waals surface area contributed by atoms with Crippen LogP contribution < -0.4 is 0 Å². The van der Waals surface area contributed by atoms with E-state index < -0.39 is 16.1 Å². The van der Waals surface area contributed by atoms with E-state index in [9.17, 15) is 0 Å². The minimum atomic E-state index is -0.763. The van der Waals surface area contributed by atoms with E-state index in [-0.39, 0.29) is 0 Å². The van der Waals surface area contributed by atoms with Gasteiger partial charge >= 0.3 is 0 Å². The molecule has 0 spiro atoms. The second kappa shape index (κ2) is 5.61. The first-order chi connectivity index (χ1) is 5.71. The molecule has 0 radical (unpaired) electrons. The first kappa shape index (κ1) is 13.8. The molecule has 0 aliphatic heterocycles. The van der Waals surface area contributed by atoms with Gasteiger partial charge in [0.2, 0.25) is 0 Å². The van der Waals surface area contributed by atoms with Gasteiger partial charge in [0.25, 0.3) is 0 Å². The molecule has 0 atom stereocenters. The highest BCUT2D eigenvalue weighted by molar-refractivity contribution is 7.99. The Morgan fingerprint density at radius 1 is 0.692 bits per heavy atom. The molecular formula is C10H26SSi2. The van der Waals surface area contributed by atoms with Crippen LogP contribution in [0.5, 0.6) is 0 Å². The molecule has 0 fully saturated rings. The molecule has 0 rings (SSSR count). The first-order valence-electron chi connectivity index (χ1n) is 5.28. The maximum atomic E-state index is 2.46. The van der Waals surface area contributed by atoms with E-state index in [1.54, 1.807) is 0 Å². The largest absolute Gasteiger partial charge is 0.163 e. The summed E-state index contributed by atoms with van der Waals surface area (Å²) < 4.78 is 0. The number of thioether (sulfide) groups is 1. The van der Waals surface area contributed by atoms with Gasteiger partial charge in [-0.3, -0.25) is 0 Å². The van der Waals surface area contributed by atoms with Crippen molar-refractivity contribution in [1.29, 1.82) is 0 Å². The van der Waals surface area contributed by atoms with Crippen LogP contribution >= 0.6 is 11.8 Å². The Morgan fingerprint density at radius 3 is 1.23 bits per heavy atom. The predicted molar refractivity (Wildman–Crippen MR) is 73.6 cm³/mol. The zero-order valence-electron chi connectivity index (χ0n) is 10.2. The summed E-state index contributed by atoms with van der Waals surface area (Å²) in [6, 6.07) is 2.98. The molecular weight excluding hydrogens is 208 g/mol. The van der Waals surface area contributed by atoms with Gasteiger partial charge in [0.15, 0.2) is 0 Å². The van der Waals surface area contributed by atoms with Crippen LogP contribution in [0, 0.1) is 0 Å². The van der Waals surface area contributed by atoms with Crippen molar-refractivity contribution in [2.24, 2.45) is 0 Å². The van der Waals surface area contributed by atoms with Crippen molar-refractivity contribution in [3.63, 3.8) is 0 Å². The standard InChI is InChI=1S/C10H26SSi2/c1-12(2,3)9-7-11-8-10-13(4,5)6/h7-10H2,1-6H3. The van der Waals surface area contributed by atoms with Gasteiger partial charge in [-0.25, -0.2) is 0 Å². The Hall–Kier alpha value is 0.784. The predicted octanol–water partition coefficient (Wildman–Crippen LogP) is 4.40. The summed E-state index contributed by atoms with van der Waals surface area (Å²) in [4.78, 5) is 0. The minimum Gasteiger partial charge on any atom is -0.163 e. The average Bonchev–Trinajstić information content (AvgIpc) is 1.81. The summed E-state index contributed by atoms with van der Waals surface area (Å²) >= 11 is 2.18. The average molecular weight is 235 g/mol. The van der Waals surface area contributed by atoms with Gasteiger partial charge in [0.05, 0.1) is 0 Å². The van der Waals surface area contributed by atoms with Gasteiger partial charge in [-0.2, -0.15) is 11.8 Å². The quantitative estimate of drug-likeness (QED) is 0.485. The normalized spacial score (nSPS) is 13.4. The molecule has 0 aromatic heterocycles. The summed E-state index contributed by atoms with van der Waals surface area (Å²) in [7, 11) is -1.53. The second-order valence-electron chi connectivity index (χ2n) is 6.23. The smallest absolute Gasteiger partial charge is 0.0450 e. The fraction of sp³-hybridized carbons (Fsp3) is 1.00. The topological polar surface area (TPSA) is 0 Å². The lowest BCUT2D eigenvalue weighted by atomic mass is 10.9. The summed E-state index contributed by atoms with van der Waals surface area (Å²) in [6.45, 7) is 14.8. The lowest BCUT2D eigenvalue weighted by molar-refractivity contribution is 1.33. The molecule has 0 aromatic rings. The summed E-state index contributed by atoms with van der Waals surface area (Å²) in [5, 5.41) is 0. The van der Waals surface area contributed by atoms with E-state index in [4.69, 9.17) is 0 Å². The van der Waals surface area contributed by atoms with E-state index in [0.717, 1.165) is 0 Å². The van der Waals surface area contributed by atoms with Crippen LogP contribution in [0.3, 0.4) is 0 Å². The van der Waals surface area contributed by atoms with Crippen molar-refractivity contribution in [3.05, 3.63) is 0 Å². The molecule has 0 aromatic carbocycles. The highest BCUT2D eigenvalue weighted by Gasteiger charge is 2.14. The zero-order chi connectivity index (χ0) is 10.5. The fourth-order valence-electron chi connectivity index (χ4n) is 0.859. The summed E-state index contributed by atoms with van der Waals surface area (Å²) in [5.41, 5.74) is 0. The minimum absolute atomic E-state index is 0.763. The van der Waals surface area contributed by atoms with Gasteiger partial charge in [0, 0.05) is 16.1 Å². The Balaban J connectivity index is 3.28. The van der Waals surface area contributed by atoms with Crippen LogP contribution in [-0.2, 0) is 0 Å². The zero-order valence-corrected chi connectivity index (χ0v) is 13.1. The highest BCUT2D eigenvalue weighted by Crippen LogP contribution is 2.17. The van der Waals surface area contributed by atoms with Gasteiger partial charge in [-0.05, 0) is 23.6 Å². The molecule has 0 aliphatic carbocycles. The Kier molecular flexibility index (Phi) is 5.95. The molecule has 0 N–H and O–H groups in total. The summed E-state index contributed by atoms with van der Waals surface area (Å²) in [6.07, 6.45) is 0. The van der Waals surface area contributed by atoms with Crippen LogP contribution in [0.25, 0.3) is 0 Å². The maximum absolute atomic E-state index is 2.46. The molecule has 3 heteroatoms. The van der Waals surface area contributed by atoms with Crippen LogP contribution in [0.4, 0.5) is 0 Å². The van der Waals surface area contributed by atoms with Crippen molar-refractivity contribution in [2.45, 2.75) is 51.4 Å². The van der Waals surface area contributed by atoms with Gasteiger partial charge in [-0.1, -0.05) is 39.3 Å². The van der Waals surface area contributed by atoms with Crippen LogP contribution in [0.15, 0.2) is 0 Å². The lowest BCUT2D eigenvalue weighted by Crippen LogP contribution is -2.21. The maximum Gasteiger partial charge on any atom is 0.0450 e. The third-order valence-corrected chi connectivity index (χ3v) is 7.20. The molecule has 0 saturated carbocycles. The Bertz CT molecular complexity index is 117. The van der Waals surface area contributed by atoms with Gasteiger partial charge in [0.1, 0.15) is 0 Å². The molecule has 80 valence electrons. The molecule has 0 unspecified atom stereocenters. The molecule has 0 heterocycles. The molecule has 0 aliphatic rings. The van der Waals surface area contributed by atoms with Crippen molar-refractivity contribution >= 4 is 27.9 Å². The fourth-order valence-corrected chi connectivity index (χ4v) is 7.12. The number of rotatable bonds is 6. The second-order valence-corrected chi connectivity index (χ2v) is 18.7. The number of hydrogen-bond acceptors (Lipinski definition) is 1. The van der Waals surface area contributed by atoms with Crippen molar-refractivity contribution in [3.8, 4) is 0 Å².